The quantitative estimate of drug-likeness (QED) is 0.500. The van der Waals surface area contributed by atoms with Crippen molar-refractivity contribution >= 4 is 17.3 Å². The van der Waals surface area contributed by atoms with E-state index < -0.39 is 23.3 Å². The Morgan fingerprint density at radius 3 is 2.55 bits per heavy atom. The molecule has 2 heterocycles. The van der Waals surface area contributed by atoms with Gasteiger partial charge in [0.15, 0.2) is 5.60 Å². The van der Waals surface area contributed by atoms with E-state index >= 15 is 0 Å². The van der Waals surface area contributed by atoms with Gasteiger partial charge in [0.05, 0.1) is 17.0 Å². The SMILES string of the molecule is CC(C)(Oc1ccc2c(c1)CCN(Cc1ncc(-c3ccc(C(F)(F)F)cc3)s1)C2)C(=O)O. The van der Waals surface area contributed by atoms with Crippen LogP contribution < -0.4 is 4.74 Å². The zero-order chi connectivity index (χ0) is 23.8. The average molecular weight is 477 g/mol. The Balaban J connectivity index is 1.40. The number of rotatable bonds is 6. The molecule has 0 atom stereocenters. The fourth-order valence-electron chi connectivity index (χ4n) is 3.66. The highest BCUT2D eigenvalue weighted by Gasteiger charge is 2.31. The van der Waals surface area contributed by atoms with Crippen LogP contribution in [0.15, 0.2) is 48.7 Å². The molecule has 0 fully saturated rings. The van der Waals surface area contributed by atoms with E-state index in [4.69, 9.17) is 4.74 Å². The number of carboxylic acids is 1. The van der Waals surface area contributed by atoms with Crippen molar-refractivity contribution < 1.29 is 27.8 Å². The number of fused-ring (bicyclic) bond motifs is 1. The standard InChI is InChI=1S/C24H23F3N2O3S/c1-23(2,22(30)31)32-19-8-5-17-13-29(10-9-16(17)11-19)14-21-28-12-20(33-21)15-3-6-18(7-4-15)24(25,26)27/h3-8,11-12H,9-10,13-14H2,1-2H3,(H,30,31). The van der Waals surface area contributed by atoms with E-state index in [2.05, 4.69) is 9.88 Å². The van der Waals surface area contributed by atoms with Crippen LogP contribution in [0.2, 0.25) is 0 Å². The number of aliphatic carboxylic acids is 1. The molecule has 0 amide bonds. The first-order valence-corrected chi connectivity index (χ1v) is 11.2. The van der Waals surface area contributed by atoms with Gasteiger partial charge in [-0.1, -0.05) is 18.2 Å². The molecule has 0 aliphatic carbocycles. The molecule has 0 saturated heterocycles. The van der Waals surface area contributed by atoms with Crippen LogP contribution >= 0.6 is 11.3 Å². The maximum absolute atomic E-state index is 12.8. The minimum Gasteiger partial charge on any atom is -0.478 e. The highest BCUT2D eigenvalue weighted by Crippen LogP contribution is 2.33. The Kier molecular flexibility index (Phi) is 6.20. The monoisotopic (exact) mass is 476 g/mol. The largest absolute Gasteiger partial charge is 0.478 e. The fourth-order valence-corrected chi connectivity index (χ4v) is 4.62. The van der Waals surface area contributed by atoms with Crippen molar-refractivity contribution in [1.82, 2.24) is 9.88 Å². The normalized spacial score (nSPS) is 14.7. The van der Waals surface area contributed by atoms with Gasteiger partial charge < -0.3 is 9.84 Å². The number of nitrogens with zero attached hydrogens (tertiary/aromatic N) is 2. The number of ether oxygens (including phenoxy) is 1. The van der Waals surface area contributed by atoms with Gasteiger partial charge in [0.1, 0.15) is 10.8 Å². The lowest BCUT2D eigenvalue weighted by Crippen LogP contribution is -2.38. The van der Waals surface area contributed by atoms with Gasteiger partial charge in [-0.2, -0.15) is 13.2 Å². The van der Waals surface area contributed by atoms with E-state index in [0.717, 1.165) is 52.7 Å². The van der Waals surface area contributed by atoms with Crippen molar-refractivity contribution in [1.29, 1.82) is 0 Å². The summed E-state index contributed by atoms with van der Waals surface area (Å²) in [6, 6.07) is 10.8. The lowest BCUT2D eigenvalue weighted by molar-refractivity contribution is -0.152. The molecule has 0 saturated carbocycles. The minimum absolute atomic E-state index is 0.538. The van der Waals surface area contributed by atoms with Gasteiger partial charge in [-0.15, -0.1) is 11.3 Å². The van der Waals surface area contributed by atoms with Gasteiger partial charge in [-0.3, -0.25) is 4.90 Å². The van der Waals surface area contributed by atoms with Gasteiger partial charge in [-0.25, -0.2) is 9.78 Å². The summed E-state index contributed by atoms with van der Waals surface area (Å²) in [5.41, 5.74) is 1.04. The Morgan fingerprint density at radius 1 is 1.15 bits per heavy atom. The van der Waals surface area contributed by atoms with E-state index in [0.29, 0.717) is 17.9 Å². The molecule has 174 valence electrons. The van der Waals surface area contributed by atoms with Gasteiger partial charge >= 0.3 is 12.1 Å². The fraction of sp³-hybridized carbons (Fsp3) is 0.333. The highest BCUT2D eigenvalue weighted by molar-refractivity contribution is 7.15. The smallest absolute Gasteiger partial charge is 0.416 e. The summed E-state index contributed by atoms with van der Waals surface area (Å²) in [5, 5.41) is 10.2. The van der Waals surface area contributed by atoms with Crippen LogP contribution in [0.1, 0.15) is 35.5 Å². The van der Waals surface area contributed by atoms with Gasteiger partial charge in [0.25, 0.3) is 0 Å². The van der Waals surface area contributed by atoms with Crippen LogP contribution in [0.4, 0.5) is 13.2 Å². The van der Waals surface area contributed by atoms with Crippen molar-refractivity contribution in [3.63, 3.8) is 0 Å². The van der Waals surface area contributed by atoms with Gasteiger partial charge in [0.2, 0.25) is 0 Å². The van der Waals surface area contributed by atoms with Crippen LogP contribution in [0.3, 0.4) is 0 Å². The Labute approximate surface area is 193 Å². The highest BCUT2D eigenvalue weighted by atomic mass is 32.1. The molecule has 0 unspecified atom stereocenters. The first-order chi connectivity index (χ1) is 15.5. The molecule has 9 heteroatoms. The number of benzene rings is 2. The number of alkyl halides is 3. The molecule has 4 rings (SSSR count). The maximum Gasteiger partial charge on any atom is 0.416 e. The Hall–Kier alpha value is -2.91. The molecule has 1 aliphatic heterocycles. The molecule has 1 aromatic heterocycles. The zero-order valence-electron chi connectivity index (χ0n) is 18.1. The molecule has 3 aromatic rings. The number of hydrogen-bond acceptors (Lipinski definition) is 5. The number of carboxylic acid groups (broad SMARTS) is 1. The summed E-state index contributed by atoms with van der Waals surface area (Å²) in [6.45, 7) is 5.23. The van der Waals surface area contributed by atoms with Crippen LogP contribution in [-0.2, 0) is 30.5 Å². The van der Waals surface area contributed by atoms with Gasteiger partial charge in [-0.05, 0) is 61.2 Å². The molecule has 2 aromatic carbocycles. The average Bonchev–Trinajstić information content (AvgIpc) is 3.21. The number of carbonyl (C=O) groups is 1. The Bertz CT molecular complexity index is 1160. The lowest BCUT2D eigenvalue weighted by Gasteiger charge is -2.29. The molecule has 1 aliphatic rings. The first kappa shape index (κ1) is 23.3. The second-order valence-electron chi connectivity index (χ2n) is 8.50. The number of hydrogen-bond donors (Lipinski definition) is 1. The zero-order valence-corrected chi connectivity index (χ0v) is 19.0. The maximum atomic E-state index is 12.8. The third-order valence-corrected chi connectivity index (χ3v) is 6.60. The molecule has 1 N–H and O–H groups in total. The first-order valence-electron chi connectivity index (χ1n) is 10.4. The van der Waals surface area contributed by atoms with Crippen molar-refractivity contribution in [2.24, 2.45) is 0 Å². The van der Waals surface area contributed by atoms with Crippen LogP contribution in [0.25, 0.3) is 10.4 Å². The van der Waals surface area contributed by atoms with E-state index in [9.17, 15) is 23.1 Å². The summed E-state index contributed by atoms with van der Waals surface area (Å²) < 4.78 is 44.0. The van der Waals surface area contributed by atoms with Crippen molar-refractivity contribution in [2.75, 3.05) is 6.54 Å². The summed E-state index contributed by atoms with van der Waals surface area (Å²) in [6.07, 6.45) is -1.84. The third kappa shape index (κ3) is 5.36. The topological polar surface area (TPSA) is 62.7 Å². The van der Waals surface area contributed by atoms with Gasteiger partial charge in [0, 0.05) is 19.3 Å². The summed E-state index contributed by atoms with van der Waals surface area (Å²) in [7, 11) is 0. The van der Waals surface area contributed by atoms with Crippen molar-refractivity contribution in [3.8, 4) is 16.2 Å². The van der Waals surface area contributed by atoms with E-state index in [1.165, 1.54) is 37.3 Å². The third-order valence-electron chi connectivity index (χ3n) is 5.57. The van der Waals surface area contributed by atoms with Crippen LogP contribution in [-0.4, -0.2) is 33.1 Å². The summed E-state index contributed by atoms with van der Waals surface area (Å²) in [5.74, 6) is -0.485. The van der Waals surface area contributed by atoms with E-state index in [-0.39, 0.29) is 0 Å². The van der Waals surface area contributed by atoms with Crippen LogP contribution in [0.5, 0.6) is 5.75 Å². The molecule has 0 bridgehead atoms. The van der Waals surface area contributed by atoms with E-state index in [1.807, 2.05) is 12.1 Å². The lowest BCUT2D eigenvalue weighted by atomic mass is 9.99. The molecular formula is C24H23F3N2O3S. The summed E-state index contributed by atoms with van der Waals surface area (Å²) >= 11 is 1.48. The minimum atomic E-state index is -4.35. The molecule has 0 spiro atoms. The molecular weight excluding hydrogens is 453 g/mol. The number of halogens is 3. The second-order valence-corrected chi connectivity index (χ2v) is 9.62. The number of aromatic nitrogens is 1. The number of thiazole rings is 1. The summed E-state index contributed by atoms with van der Waals surface area (Å²) in [4.78, 5) is 18.9. The second kappa shape index (κ2) is 8.79. The molecule has 0 radical (unpaired) electrons. The Morgan fingerprint density at radius 2 is 1.88 bits per heavy atom. The van der Waals surface area contributed by atoms with Crippen molar-refractivity contribution in [3.05, 3.63) is 70.4 Å². The van der Waals surface area contributed by atoms with Crippen molar-refractivity contribution in [2.45, 2.75) is 45.1 Å². The molecule has 5 nitrogen and oxygen atoms in total. The van der Waals surface area contributed by atoms with Crippen LogP contribution in [0, 0.1) is 0 Å². The predicted molar refractivity (Wildman–Crippen MR) is 119 cm³/mol. The predicted octanol–water partition coefficient (Wildman–Crippen LogP) is 5.63. The molecule has 33 heavy (non-hydrogen) atoms. The van der Waals surface area contributed by atoms with E-state index in [1.54, 1.807) is 12.3 Å².